The number of carbonyl (C=O) groups excluding carboxylic acids is 2. The fourth-order valence-electron chi connectivity index (χ4n) is 4.78. The molecule has 4 nitrogen and oxygen atoms in total. The first kappa shape index (κ1) is 36.3. The number of para-hydroxylation sites is 1. The van der Waals surface area contributed by atoms with Crippen molar-refractivity contribution in [1.29, 1.82) is 0 Å². The Morgan fingerprint density at radius 2 is 1.23 bits per heavy atom. The van der Waals surface area contributed by atoms with Crippen molar-refractivity contribution >= 4 is 23.7 Å². The van der Waals surface area contributed by atoms with Crippen LogP contribution >= 0.6 is 11.8 Å². The molecule has 40 heavy (non-hydrogen) atoms. The smallest absolute Gasteiger partial charge is 0.311 e. The van der Waals surface area contributed by atoms with Crippen LogP contribution < -0.4 is 4.74 Å². The first-order valence-corrected chi connectivity index (χ1v) is 17.2. The Bertz CT molecular complexity index is 791. The van der Waals surface area contributed by atoms with E-state index in [0.717, 1.165) is 60.5 Å². The summed E-state index contributed by atoms with van der Waals surface area (Å²) in [7, 11) is 0. The van der Waals surface area contributed by atoms with E-state index in [0.29, 0.717) is 31.3 Å². The summed E-state index contributed by atoms with van der Waals surface area (Å²) in [4.78, 5) is 24.4. The lowest BCUT2D eigenvalue weighted by molar-refractivity contribution is -0.143. The molecule has 228 valence electrons. The summed E-state index contributed by atoms with van der Waals surface area (Å²) in [5.41, 5.74) is 2.23. The van der Waals surface area contributed by atoms with E-state index in [1.807, 2.05) is 17.8 Å². The van der Waals surface area contributed by atoms with Crippen LogP contribution in [0, 0.1) is 0 Å². The summed E-state index contributed by atoms with van der Waals surface area (Å²) in [5.74, 6) is 3.31. The molecular weight excluding hydrogens is 516 g/mol. The van der Waals surface area contributed by atoms with Gasteiger partial charge in [-0.15, -0.1) is 6.58 Å². The van der Waals surface area contributed by atoms with E-state index in [1.165, 1.54) is 57.8 Å². The highest BCUT2D eigenvalue weighted by Gasteiger charge is 2.17. The van der Waals surface area contributed by atoms with Crippen molar-refractivity contribution in [3.05, 3.63) is 42.0 Å². The predicted octanol–water partition coefficient (Wildman–Crippen LogP) is 10.5. The summed E-state index contributed by atoms with van der Waals surface area (Å²) in [5, 5.41) is 0. The third-order valence-corrected chi connectivity index (χ3v) is 8.27. The van der Waals surface area contributed by atoms with Gasteiger partial charge in [-0.25, -0.2) is 0 Å². The lowest BCUT2D eigenvalue weighted by Gasteiger charge is -2.18. The molecule has 0 aliphatic rings. The summed E-state index contributed by atoms with van der Waals surface area (Å²) in [6, 6.07) is 6.21. The molecule has 5 heteroatoms. The Hall–Kier alpha value is -1.75. The largest absolute Gasteiger partial charge is 0.465 e. The van der Waals surface area contributed by atoms with Crippen LogP contribution in [0.15, 0.2) is 30.9 Å². The standard InChI is InChI=1S/C35H58O4S/c1-6-7-8-9-10-12-15-18-24-33(36)38-26-28-40-27-20-17-14-11-13-16-19-25-34(37)39-35-31(29(2)3)22-21-23-32(35)30(4)5/h6,21-23,29-30H,1,7-20,24-28H2,2-5H3. The molecule has 0 aliphatic heterocycles. The van der Waals surface area contributed by atoms with Crippen molar-refractivity contribution in [3.63, 3.8) is 0 Å². The highest BCUT2D eigenvalue weighted by molar-refractivity contribution is 7.99. The van der Waals surface area contributed by atoms with Gasteiger partial charge in [0, 0.05) is 18.6 Å². The first-order chi connectivity index (χ1) is 19.4. The molecule has 0 aromatic heterocycles. The van der Waals surface area contributed by atoms with Gasteiger partial charge in [0.1, 0.15) is 12.4 Å². The number of carbonyl (C=O) groups is 2. The maximum absolute atomic E-state index is 12.5. The summed E-state index contributed by atoms with van der Waals surface area (Å²) in [6.45, 7) is 12.9. The van der Waals surface area contributed by atoms with Crippen LogP contribution in [-0.4, -0.2) is 30.1 Å². The molecule has 0 fully saturated rings. The highest BCUT2D eigenvalue weighted by atomic mass is 32.2. The number of unbranched alkanes of at least 4 members (excludes halogenated alkanes) is 12. The minimum Gasteiger partial charge on any atom is -0.465 e. The Morgan fingerprint density at radius 3 is 1.77 bits per heavy atom. The molecule has 0 N–H and O–H groups in total. The van der Waals surface area contributed by atoms with Gasteiger partial charge in [-0.1, -0.05) is 110 Å². The third-order valence-electron chi connectivity index (χ3n) is 7.24. The van der Waals surface area contributed by atoms with E-state index in [2.05, 4.69) is 52.5 Å². The fraction of sp³-hybridized carbons (Fsp3) is 0.714. The van der Waals surface area contributed by atoms with Gasteiger partial charge in [0.25, 0.3) is 0 Å². The van der Waals surface area contributed by atoms with Crippen molar-refractivity contribution in [1.82, 2.24) is 0 Å². The molecule has 1 aromatic rings. The number of thioether (sulfide) groups is 1. The van der Waals surface area contributed by atoms with Gasteiger partial charge >= 0.3 is 11.9 Å². The molecule has 0 spiro atoms. The van der Waals surface area contributed by atoms with E-state index in [-0.39, 0.29) is 11.9 Å². The molecule has 0 bridgehead atoms. The number of hydrogen-bond acceptors (Lipinski definition) is 5. The van der Waals surface area contributed by atoms with Crippen molar-refractivity contribution in [3.8, 4) is 5.75 Å². The Kier molecular flexibility index (Phi) is 21.7. The number of benzene rings is 1. The Morgan fingerprint density at radius 1 is 0.725 bits per heavy atom. The summed E-state index contributed by atoms with van der Waals surface area (Å²) >= 11 is 1.88. The summed E-state index contributed by atoms with van der Waals surface area (Å²) in [6.07, 6.45) is 19.2. The number of ether oxygens (including phenoxy) is 2. The van der Waals surface area contributed by atoms with Gasteiger partial charge in [-0.05, 0) is 60.8 Å². The van der Waals surface area contributed by atoms with Crippen LogP contribution in [0.3, 0.4) is 0 Å². The summed E-state index contributed by atoms with van der Waals surface area (Å²) < 4.78 is 11.2. The molecule has 0 amide bonds. The Labute approximate surface area is 250 Å². The molecule has 1 rings (SSSR count). The molecule has 0 heterocycles. The van der Waals surface area contributed by atoms with E-state index in [4.69, 9.17) is 9.47 Å². The van der Waals surface area contributed by atoms with Crippen LogP contribution in [0.1, 0.15) is 153 Å². The number of rotatable bonds is 25. The second kappa shape index (κ2) is 23.9. The molecule has 0 atom stereocenters. The second-order valence-electron chi connectivity index (χ2n) is 11.6. The zero-order chi connectivity index (χ0) is 29.4. The molecular formula is C35H58O4S. The molecule has 0 saturated heterocycles. The molecule has 0 radical (unpaired) electrons. The van der Waals surface area contributed by atoms with Crippen molar-refractivity contribution < 1.29 is 19.1 Å². The van der Waals surface area contributed by atoms with Crippen molar-refractivity contribution in [2.24, 2.45) is 0 Å². The average molecular weight is 575 g/mol. The van der Waals surface area contributed by atoms with Crippen LogP contribution in [0.2, 0.25) is 0 Å². The quantitative estimate of drug-likeness (QED) is 0.0503. The highest BCUT2D eigenvalue weighted by Crippen LogP contribution is 2.34. The third kappa shape index (κ3) is 17.8. The van der Waals surface area contributed by atoms with Gasteiger partial charge in [0.05, 0.1) is 0 Å². The number of esters is 2. The molecule has 0 unspecified atom stereocenters. The van der Waals surface area contributed by atoms with E-state index < -0.39 is 0 Å². The number of allylic oxidation sites excluding steroid dienone is 1. The van der Waals surface area contributed by atoms with Crippen LogP contribution in [-0.2, 0) is 14.3 Å². The van der Waals surface area contributed by atoms with Crippen molar-refractivity contribution in [2.75, 3.05) is 18.1 Å². The maximum Gasteiger partial charge on any atom is 0.311 e. The van der Waals surface area contributed by atoms with E-state index >= 15 is 0 Å². The van der Waals surface area contributed by atoms with Gasteiger partial charge in [-0.2, -0.15) is 11.8 Å². The first-order valence-electron chi connectivity index (χ1n) is 16.0. The monoisotopic (exact) mass is 574 g/mol. The zero-order valence-corrected chi connectivity index (χ0v) is 27.0. The minimum absolute atomic E-state index is 0.0406. The second-order valence-corrected chi connectivity index (χ2v) is 12.8. The van der Waals surface area contributed by atoms with Gasteiger partial charge < -0.3 is 9.47 Å². The lowest BCUT2D eigenvalue weighted by Crippen LogP contribution is -2.12. The topological polar surface area (TPSA) is 52.6 Å². The SMILES string of the molecule is C=CCCCCCCCCC(=O)OCCSCCCCCCCCCC(=O)Oc1c(C(C)C)cccc1C(C)C. The predicted molar refractivity (Wildman–Crippen MR) is 173 cm³/mol. The number of hydrogen-bond donors (Lipinski definition) is 0. The van der Waals surface area contributed by atoms with Gasteiger partial charge in [-0.3, -0.25) is 9.59 Å². The molecule has 0 aliphatic carbocycles. The van der Waals surface area contributed by atoms with Gasteiger partial charge in [0.2, 0.25) is 0 Å². The molecule has 1 aromatic carbocycles. The lowest BCUT2D eigenvalue weighted by atomic mass is 9.94. The molecule has 0 saturated carbocycles. The van der Waals surface area contributed by atoms with Gasteiger partial charge in [0.15, 0.2) is 0 Å². The Balaban J connectivity index is 1.96. The zero-order valence-electron chi connectivity index (χ0n) is 26.1. The van der Waals surface area contributed by atoms with Crippen LogP contribution in [0.4, 0.5) is 0 Å². The van der Waals surface area contributed by atoms with Crippen molar-refractivity contribution in [2.45, 2.75) is 142 Å². The average Bonchev–Trinajstić information content (AvgIpc) is 2.92. The minimum atomic E-state index is -0.108. The van der Waals surface area contributed by atoms with Crippen LogP contribution in [0.5, 0.6) is 5.75 Å². The normalized spacial score (nSPS) is 11.2. The van der Waals surface area contributed by atoms with E-state index in [1.54, 1.807) is 0 Å². The van der Waals surface area contributed by atoms with E-state index in [9.17, 15) is 9.59 Å². The fourth-order valence-corrected chi connectivity index (χ4v) is 5.59. The maximum atomic E-state index is 12.5. The van der Waals surface area contributed by atoms with Crippen LogP contribution in [0.25, 0.3) is 0 Å².